The number of carbonyl (C=O) groups is 5. The smallest absolute Gasteiger partial charge is 0.255 e. The molecule has 0 spiro atoms. The fraction of sp³-hybridized carbons (Fsp3) is 0.378. The average Bonchev–Trinajstić information content (AvgIpc) is 3.10. The van der Waals surface area contributed by atoms with Crippen LogP contribution in [0.1, 0.15) is 77.6 Å². The van der Waals surface area contributed by atoms with Crippen molar-refractivity contribution in [3.63, 3.8) is 0 Å². The lowest BCUT2D eigenvalue weighted by Gasteiger charge is -2.25. The molecule has 2 aliphatic rings. The SMILES string of the molecule is CC(C)C[C@@H]1NC(=O)[C@@H](Cc2ccccc2)NC(=O)c2ccc(cc2)CN(C(=O)c2ccc(C#N)nc2)CCCCNC(=O)[C@@H](C)NC1=O. The molecule has 49 heavy (non-hydrogen) atoms. The van der Waals surface area contributed by atoms with Crippen LogP contribution in [0, 0.1) is 17.2 Å². The number of nitrogens with zero attached hydrogens (tertiary/aromatic N) is 3. The van der Waals surface area contributed by atoms with Gasteiger partial charge in [0.2, 0.25) is 17.7 Å². The lowest BCUT2D eigenvalue weighted by atomic mass is 10.0. The highest BCUT2D eigenvalue weighted by Crippen LogP contribution is 2.14. The number of benzene rings is 2. The number of hydrogen-bond donors (Lipinski definition) is 4. The van der Waals surface area contributed by atoms with Gasteiger partial charge in [-0.05, 0) is 67.5 Å². The molecule has 12 nitrogen and oxygen atoms in total. The summed E-state index contributed by atoms with van der Waals surface area (Å²) in [5.41, 5.74) is 2.45. The molecule has 5 amide bonds. The summed E-state index contributed by atoms with van der Waals surface area (Å²) >= 11 is 0. The number of nitriles is 1. The number of amides is 5. The van der Waals surface area contributed by atoms with Crippen LogP contribution < -0.4 is 21.3 Å². The monoisotopic (exact) mass is 665 g/mol. The third-order valence-electron chi connectivity index (χ3n) is 8.15. The molecule has 0 fully saturated rings. The number of hydrogen-bond acceptors (Lipinski definition) is 7. The minimum atomic E-state index is -0.999. The minimum Gasteiger partial charge on any atom is -0.354 e. The molecule has 0 saturated heterocycles. The van der Waals surface area contributed by atoms with Crippen LogP contribution in [0.15, 0.2) is 72.9 Å². The van der Waals surface area contributed by atoms with E-state index in [1.165, 1.54) is 12.3 Å². The predicted molar refractivity (Wildman–Crippen MR) is 183 cm³/mol. The Balaban J connectivity index is 1.62. The van der Waals surface area contributed by atoms with Gasteiger partial charge < -0.3 is 26.2 Å². The van der Waals surface area contributed by atoms with Gasteiger partial charge in [0.15, 0.2) is 0 Å². The lowest BCUT2D eigenvalue weighted by molar-refractivity contribution is -0.132. The molecule has 5 rings (SSSR count). The van der Waals surface area contributed by atoms with Crippen LogP contribution in [0.25, 0.3) is 0 Å². The summed E-state index contributed by atoms with van der Waals surface area (Å²) in [7, 11) is 0. The number of fused-ring (bicyclic) bond motifs is 18. The highest BCUT2D eigenvalue weighted by atomic mass is 16.2. The number of rotatable bonds is 5. The quantitative estimate of drug-likeness (QED) is 0.303. The van der Waals surface area contributed by atoms with Gasteiger partial charge in [-0.3, -0.25) is 24.0 Å². The van der Waals surface area contributed by atoms with Crippen molar-refractivity contribution in [1.82, 2.24) is 31.2 Å². The van der Waals surface area contributed by atoms with Crippen molar-refractivity contribution in [3.8, 4) is 6.07 Å². The van der Waals surface area contributed by atoms with Crippen molar-refractivity contribution in [2.24, 2.45) is 5.92 Å². The molecular formula is C37H43N7O5. The number of nitrogens with one attached hydrogen (secondary N) is 4. The Kier molecular flexibility index (Phi) is 13.0. The van der Waals surface area contributed by atoms with E-state index in [9.17, 15) is 24.0 Å². The van der Waals surface area contributed by atoms with E-state index in [1.807, 2.05) is 50.2 Å². The summed E-state index contributed by atoms with van der Waals surface area (Å²) in [6.07, 6.45) is 3.02. The molecule has 3 aromatic rings. The van der Waals surface area contributed by atoms with Crippen LogP contribution in [-0.4, -0.2) is 70.6 Å². The number of pyridine rings is 1. The molecule has 12 heteroatoms. The van der Waals surface area contributed by atoms with Crippen molar-refractivity contribution < 1.29 is 24.0 Å². The summed E-state index contributed by atoms with van der Waals surface area (Å²) in [6.45, 7) is 6.37. The molecule has 256 valence electrons. The zero-order chi connectivity index (χ0) is 35.3. The summed E-state index contributed by atoms with van der Waals surface area (Å²) in [5, 5.41) is 20.3. The van der Waals surface area contributed by atoms with Crippen molar-refractivity contribution in [2.75, 3.05) is 13.1 Å². The van der Waals surface area contributed by atoms with E-state index in [1.54, 1.807) is 42.2 Å². The Morgan fingerprint density at radius 1 is 0.898 bits per heavy atom. The van der Waals surface area contributed by atoms with Crippen LogP contribution in [0.2, 0.25) is 0 Å². The molecule has 3 heterocycles. The Hall–Kier alpha value is -5.57. The van der Waals surface area contributed by atoms with Gasteiger partial charge >= 0.3 is 0 Å². The third kappa shape index (κ3) is 10.7. The van der Waals surface area contributed by atoms with Gasteiger partial charge in [-0.15, -0.1) is 0 Å². The zero-order valence-corrected chi connectivity index (χ0v) is 28.1. The normalized spacial score (nSPS) is 19.9. The van der Waals surface area contributed by atoms with E-state index < -0.39 is 35.8 Å². The molecule has 2 aromatic carbocycles. The molecule has 0 radical (unpaired) electrons. The summed E-state index contributed by atoms with van der Waals surface area (Å²) in [4.78, 5) is 72.7. The van der Waals surface area contributed by atoms with E-state index in [2.05, 4.69) is 26.3 Å². The molecule has 4 N–H and O–H groups in total. The average molecular weight is 666 g/mol. The topological polar surface area (TPSA) is 173 Å². The highest BCUT2D eigenvalue weighted by molar-refractivity contribution is 5.99. The van der Waals surface area contributed by atoms with E-state index in [-0.39, 0.29) is 36.4 Å². The number of aromatic nitrogens is 1. The maximum Gasteiger partial charge on any atom is 0.255 e. The fourth-order valence-corrected chi connectivity index (χ4v) is 5.45. The van der Waals surface area contributed by atoms with E-state index in [4.69, 9.17) is 5.26 Å². The standard InChI is InChI=1S/C37H43N7O5/c1-24(2)19-31-35(47)41-25(3)33(45)39-17-7-8-18-44(37(49)29-15-16-30(21-38)40-22-29)23-27-11-13-28(14-12-27)34(46)42-32(36(48)43-31)20-26-9-5-4-6-10-26/h4-6,9-16,22,24-25,31-32H,7-8,17-20,23H2,1-3H3,(H,39,45)(H,41,47)(H,42,46)(H,43,48)/t25-,31+,32-/m1/s1. The fourth-order valence-electron chi connectivity index (χ4n) is 5.45. The van der Waals surface area contributed by atoms with Crippen LogP contribution in [0.3, 0.4) is 0 Å². The van der Waals surface area contributed by atoms with Crippen molar-refractivity contribution >= 4 is 29.5 Å². The van der Waals surface area contributed by atoms with Gasteiger partial charge in [0.05, 0.1) is 5.56 Å². The molecule has 2 bridgehead atoms. The van der Waals surface area contributed by atoms with Gasteiger partial charge in [0, 0.05) is 37.8 Å². The zero-order valence-electron chi connectivity index (χ0n) is 28.1. The predicted octanol–water partition coefficient (Wildman–Crippen LogP) is 2.88. The second-order valence-corrected chi connectivity index (χ2v) is 12.6. The van der Waals surface area contributed by atoms with Crippen LogP contribution >= 0.6 is 0 Å². The van der Waals surface area contributed by atoms with Gasteiger partial charge in [0.1, 0.15) is 29.9 Å². The summed E-state index contributed by atoms with van der Waals surface area (Å²) in [5.74, 6) is -2.09. The summed E-state index contributed by atoms with van der Waals surface area (Å²) < 4.78 is 0. The van der Waals surface area contributed by atoms with Crippen LogP contribution in [0.5, 0.6) is 0 Å². The Bertz CT molecular complexity index is 1650. The maximum absolute atomic E-state index is 13.7. The number of carbonyl (C=O) groups excluding carboxylic acids is 5. The summed E-state index contributed by atoms with van der Waals surface area (Å²) in [6, 6.07) is 18.2. The van der Waals surface area contributed by atoms with Gasteiger partial charge in [0.25, 0.3) is 11.8 Å². The Morgan fingerprint density at radius 2 is 1.61 bits per heavy atom. The lowest BCUT2D eigenvalue weighted by Crippen LogP contribution is -2.57. The van der Waals surface area contributed by atoms with Gasteiger partial charge in [-0.1, -0.05) is 56.3 Å². The first-order valence-corrected chi connectivity index (χ1v) is 16.5. The molecule has 2 aliphatic heterocycles. The largest absolute Gasteiger partial charge is 0.354 e. The van der Waals surface area contributed by atoms with E-state index in [0.29, 0.717) is 43.5 Å². The van der Waals surface area contributed by atoms with E-state index in [0.717, 1.165) is 11.1 Å². The highest BCUT2D eigenvalue weighted by Gasteiger charge is 2.29. The molecule has 1 aromatic heterocycles. The van der Waals surface area contributed by atoms with Crippen molar-refractivity contribution in [3.05, 3.63) is 101 Å². The second-order valence-electron chi connectivity index (χ2n) is 12.6. The van der Waals surface area contributed by atoms with Crippen molar-refractivity contribution in [1.29, 1.82) is 5.26 Å². The van der Waals surface area contributed by atoms with Crippen LogP contribution in [-0.2, 0) is 27.3 Å². The third-order valence-corrected chi connectivity index (χ3v) is 8.15. The van der Waals surface area contributed by atoms with E-state index >= 15 is 0 Å². The first kappa shape index (κ1) is 36.3. The first-order valence-electron chi connectivity index (χ1n) is 16.5. The molecule has 0 unspecified atom stereocenters. The molecule has 0 aliphatic carbocycles. The van der Waals surface area contributed by atoms with Gasteiger partial charge in [-0.2, -0.15) is 5.26 Å². The first-order chi connectivity index (χ1) is 23.5. The van der Waals surface area contributed by atoms with Crippen molar-refractivity contribution in [2.45, 2.75) is 71.1 Å². The Morgan fingerprint density at radius 3 is 2.27 bits per heavy atom. The minimum absolute atomic E-state index is 0.0509. The second kappa shape index (κ2) is 17.5. The van der Waals surface area contributed by atoms with Gasteiger partial charge in [-0.25, -0.2) is 4.98 Å². The molecule has 3 atom stereocenters. The molecular weight excluding hydrogens is 622 g/mol. The molecule has 0 saturated carbocycles. The Labute approximate surface area is 286 Å². The van der Waals surface area contributed by atoms with Crippen LogP contribution in [0.4, 0.5) is 0 Å². The maximum atomic E-state index is 13.7.